The van der Waals surface area contributed by atoms with Crippen LogP contribution in [0.15, 0.2) is 75.4 Å². The van der Waals surface area contributed by atoms with Gasteiger partial charge in [-0.1, -0.05) is 35.6 Å². The summed E-state index contributed by atoms with van der Waals surface area (Å²) in [5.74, 6) is 0. The predicted octanol–water partition coefficient (Wildman–Crippen LogP) is 1.83. The van der Waals surface area contributed by atoms with Crippen molar-refractivity contribution in [2.45, 2.75) is 16.3 Å². The highest BCUT2D eigenvalue weighted by atomic mass is 32.2. The summed E-state index contributed by atoms with van der Waals surface area (Å²) in [5, 5.41) is 5.16. The minimum atomic E-state index is -3.90. The highest BCUT2D eigenvalue weighted by molar-refractivity contribution is 7.90. The zero-order chi connectivity index (χ0) is 18.9. The Morgan fingerprint density at radius 2 is 1.77 bits per heavy atom. The molecule has 0 saturated heterocycles. The number of hydrogen-bond acceptors (Lipinski definition) is 5. The van der Waals surface area contributed by atoms with Crippen molar-refractivity contribution in [3.05, 3.63) is 66.0 Å². The van der Waals surface area contributed by atoms with Gasteiger partial charge in [0.05, 0.1) is 20.0 Å². The molecule has 3 rings (SSSR count). The van der Waals surface area contributed by atoms with E-state index in [9.17, 15) is 16.8 Å². The molecular formula is C16H15N3O4S3. The molecule has 26 heavy (non-hydrogen) atoms. The molecule has 0 amide bonds. The lowest BCUT2D eigenvalue weighted by atomic mass is 10.3. The zero-order valence-corrected chi connectivity index (χ0v) is 15.9. The minimum Gasteiger partial charge on any atom is -0.312 e. The molecule has 0 atom stereocenters. The zero-order valence-electron chi connectivity index (χ0n) is 13.4. The first-order chi connectivity index (χ1) is 12.2. The lowest BCUT2D eigenvalue weighted by molar-refractivity contribution is 0.595. The maximum Gasteiger partial charge on any atom is 0.285 e. The van der Waals surface area contributed by atoms with Crippen LogP contribution < -0.4 is 9.94 Å². The van der Waals surface area contributed by atoms with Gasteiger partial charge in [-0.25, -0.2) is 13.6 Å². The number of hydrogen-bond donors (Lipinski definition) is 1. The molecule has 1 aromatic heterocycles. The van der Waals surface area contributed by atoms with Gasteiger partial charge in [0.25, 0.3) is 10.0 Å². The predicted molar refractivity (Wildman–Crippen MR) is 101 cm³/mol. The number of nitrogens with two attached hydrogens (primary N) is 1. The average molecular weight is 410 g/mol. The van der Waals surface area contributed by atoms with Crippen molar-refractivity contribution in [3.8, 4) is 0 Å². The van der Waals surface area contributed by atoms with E-state index in [4.69, 9.17) is 5.14 Å². The molecule has 2 N–H and O–H groups in total. The van der Waals surface area contributed by atoms with Gasteiger partial charge in [0.1, 0.15) is 0 Å². The van der Waals surface area contributed by atoms with Crippen LogP contribution >= 0.6 is 11.3 Å². The van der Waals surface area contributed by atoms with Crippen molar-refractivity contribution < 1.29 is 16.8 Å². The van der Waals surface area contributed by atoms with Crippen LogP contribution in [0.1, 0.15) is 0 Å². The van der Waals surface area contributed by atoms with E-state index in [1.807, 2.05) is 0 Å². The summed E-state index contributed by atoms with van der Waals surface area (Å²) in [6, 6.07) is 12.2. The molecule has 10 heteroatoms. The fraction of sp³-hybridized carbons (Fsp3) is 0.0625. The van der Waals surface area contributed by atoms with Crippen LogP contribution in [0.25, 0.3) is 10.2 Å². The molecule has 1 heterocycles. The number of fused-ring (bicyclic) bond motifs is 1. The normalized spacial score (nSPS) is 13.2. The Balaban J connectivity index is 2.28. The molecule has 3 aromatic rings. The van der Waals surface area contributed by atoms with Gasteiger partial charge in [-0.15, -0.1) is 11.0 Å². The third kappa shape index (κ3) is 3.63. The topological polar surface area (TPSA) is 112 Å². The third-order valence-corrected chi connectivity index (χ3v) is 6.88. The molecule has 0 aliphatic rings. The monoisotopic (exact) mass is 409 g/mol. The van der Waals surface area contributed by atoms with Crippen LogP contribution in [0.4, 0.5) is 0 Å². The van der Waals surface area contributed by atoms with Crippen molar-refractivity contribution in [3.63, 3.8) is 0 Å². The number of benzene rings is 2. The van der Waals surface area contributed by atoms with E-state index in [1.54, 1.807) is 34.9 Å². The molecule has 0 aliphatic heterocycles. The van der Waals surface area contributed by atoms with E-state index >= 15 is 0 Å². The smallest absolute Gasteiger partial charge is 0.285 e. The first-order valence-electron chi connectivity index (χ1n) is 7.35. The van der Waals surface area contributed by atoms with Gasteiger partial charge in [-0.3, -0.25) is 0 Å². The van der Waals surface area contributed by atoms with Crippen LogP contribution in [-0.2, 0) is 26.6 Å². The third-order valence-electron chi connectivity index (χ3n) is 3.53. The molecule has 0 aliphatic carbocycles. The SMILES string of the molecule is C=CCn1c(=NS(=O)(=O)c2ccccc2)sc2cc(S(N)(=O)=O)ccc21. The van der Waals surface area contributed by atoms with Gasteiger partial charge < -0.3 is 4.57 Å². The van der Waals surface area contributed by atoms with Crippen molar-refractivity contribution in [2.75, 3.05) is 0 Å². The summed E-state index contributed by atoms with van der Waals surface area (Å²) in [6.07, 6.45) is 1.61. The number of aromatic nitrogens is 1. The maximum atomic E-state index is 12.5. The number of allylic oxidation sites excluding steroid dienone is 1. The number of thiazole rings is 1. The highest BCUT2D eigenvalue weighted by Crippen LogP contribution is 2.22. The van der Waals surface area contributed by atoms with Crippen LogP contribution in [0, 0.1) is 0 Å². The van der Waals surface area contributed by atoms with E-state index in [-0.39, 0.29) is 14.6 Å². The number of rotatable bonds is 5. The van der Waals surface area contributed by atoms with Crippen LogP contribution in [0.3, 0.4) is 0 Å². The first kappa shape index (κ1) is 18.5. The molecule has 0 radical (unpaired) electrons. The van der Waals surface area contributed by atoms with Gasteiger partial charge >= 0.3 is 0 Å². The van der Waals surface area contributed by atoms with Crippen molar-refractivity contribution in [1.82, 2.24) is 4.57 Å². The van der Waals surface area contributed by atoms with E-state index in [2.05, 4.69) is 11.0 Å². The van der Waals surface area contributed by atoms with Gasteiger partial charge in [0.2, 0.25) is 14.8 Å². The molecule has 2 aromatic carbocycles. The molecule has 0 saturated carbocycles. The second-order valence-electron chi connectivity index (χ2n) is 5.34. The summed E-state index contributed by atoms with van der Waals surface area (Å²) < 4.78 is 54.3. The Labute approximate surface area is 154 Å². The first-order valence-corrected chi connectivity index (χ1v) is 11.2. The minimum absolute atomic E-state index is 0.0468. The summed E-state index contributed by atoms with van der Waals surface area (Å²) in [7, 11) is -7.76. The molecule has 0 fully saturated rings. The quantitative estimate of drug-likeness (QED) is 0.648. The lowest BCUT2D eigenvalue weighted by Gasteiger charge is -2.02. The van der Waals surface area contributed by atoms with Crippen molar-refractivity contribution in [1.29, 1.82) is 0 Å². The van der Waals surface area contributed by atoms with E-state index in [0.29, 0.717) is 16.8 Å². The summed E-state index contributed by atoms with van der Waals surface area (Å²) in [6.45, 7) is 3.99. The van der Waals surface area contributed by atoms with Gasteiger partial charge in [-0.05, 0) is 30.3 Å². The van der Waals surface area contributed by atoms with Crippen molar-refractivity contribution >= 4 is 41.6 Å². The van der Waals surface area contributed by atoms with E-state index in [1.165, 1.54) is 24.3 Å². The van der Waals surface area contributed by atoms with Crippen LogP contribution in [-0.4, -0.2) is 21.4 Å². The average Bonchev–Trinajstić information content (AvgIpc) is 2.91. The molecule has 136 valence electrons. The van der Waals surface area contributed by atoms with Crippen molar-refractivity contribution in [2.24, 2.45) is 9.54 Å². The Morgan fingerprint density at radius 1 is 1.08 bits per heavy atom. The van der Waals surface area contributed by atoms with Gasteiger partial charge in [0, 0.05) is 6.54 Å². The Kier molecular flexibility index (Phi) is 4.84. The second-order valence-corrected chi connectivity index (χ2v) is 9.51. The molecule has 0 unspecified atom stereocenters. The molecule has 7 nitrogen and oxygen atoms in total. The largest absolute Gasteiger partial charge is 0.312 e. The summed E-state index contributed by atoms with van der Waals surface area (Å²) >= 11 is 1.07. The Morgan fingerprint density at radius 3 is 2.38 bits per heavy atom. The van der Waals surface area contributed by atoms with E-state index in [0.717, 1.165) is 11.3 Å². The molecular weight excluding hydrogens is 394 g/mol. The lowest BCUT2D eigenvalue weighted by Crippen LogP contribution is -2.16. The fourth-order valence-electron chi connectivity index (χ4n) is 2.35. The molecule has 0 bridgehead atoms. The summed E-state index contributed by atoms with van der Waals surface area (Å²) in [5.41, 5.74) is 0.643. The second kappa shape index (κ2) is 6.80. The fourth-order valence-corrected chi connectivity index (χ4v) is 5.27. The number of nitrogens with zero attached hydrogens (tertiary/aromatic N) is 2. The Bertz CT molecular complexity index is 1260. The molecule has 0 spiro atoms. The van der Waals surface area contributed by atoms with Crippen LogP contribution in [0.5, 0.6) is 0 Å². The summed E-state index contributed by atoms with van der Waals surface area (Å²) in [4.78, 5) is 0.248. The van der Waals surface area contributed by atoms with Crippen LogP contribution in [0.2, 0.25) is 0 Å². The van der Waals surface area contributed by atoms with Gasteiger partial charge in [0.15, 0.2) is 0 Å². The number of sulfonamides is 2. The maximum absolute atomic E-state index is 12.5. The highest BCUT2D eigenvalue weighted by Gasteiger charge is 2.15. The standard InChI is InChI=1S/C16H15N3O4S3/c1-2-10-19-14-9-8-13(25(17,20)21)11-15(14)24-16(19)18-26(22,23)12-6-4-3-5-7-12/h2-9,11H,1,10H2,(H2,17,20,21). The number of primary sulfonamides is 1. The van der Waals surface area contributed by atoms with Gasteiger partial charge in [-0.2, -0.15) is 8.42 Å². The Hall–Kier alpha value is -2.27. The van der Waals surface area contributed by atoms with E-state index < -0.39 is 20.0 Å².